The molecule has 1 fully saturated rings. The summed E-state index contributed by atoms with van der Waals surface area (Å²) in [5.74, 6) is -0.221. The Kier molecular flexibility index (Phi) is 4.07. The first-order valence-corrected chi connectivity index (χ1v) is 5.26. The summed E-state index contributed by atoms with van der Waals surface area (Å²) >= 11 is 0. The van der Waals surface area contributed by atoms with Gasteiger partial charge in [-0.2, -0.15) is 0 Å². The van der Waals surface area contributed by atoms with Crippen LogP contribution in [0.25, 0.3) is 0 Å². The van der Waals surface area contributed by atoms with E-state index in [4.69, 9.17) is 15.3 Å². The first-order valence-electron chi connectivity index (χ1n) is 5.26. The number of nitrogens with two attached hydrogens (primary N) is 1. The topological polar surface area (TPSA) is 73.6 Å². The van der Waals surface area contributed by atoms with Crippen molar-refractivity contribution in [2.75, 3.05) is 6.54 Å². The van der Waals surface area contributed by atoms with Crippen LogP contribution in [0.4, 0.5) is 0 Å². The van der Waals surface area contributed by atoms with Crippen LogP contribution in [-0.2, 0) is 14.4 Å². The van der Waals surface area contributed by atoms with Gasteiger partial charge in [0.25, 0.3) is 5.91 Å². The lowest BCUT2D eigenvalue weighted by Crippen LogP contribution is -2.40. The van der Waals surface area contributed by atoms with Gasteiger partial charge in [-0.05, 0) is 33.6 Å². The summed E-state index contributed by atoms with van der Waals surface area (Å²) in [6.45, 7) is 6.06. The van der Waals surface area contributed by atoms with Crippen LogP contribution >= 0.6 is 0 Å². The van der Waals surface area contributed by atoms with Crippen LogP contribution in [0.3, 0.4) is 0 Å². The minimum atomic E-state index is -0.416. The minimum Gasteiger partial charge on any atom is -0.364 e. The number of amides is 1. The molecule has 15 heavy (non-hydrogen) atoms. The van der Waals surface area contributed by atoms with E-state index in [9.17, 15) is 4.79 Å². The maximum Gasteiger partial charge on any atom is 0.272 e. The first kappa shape index (κ1) is 12.4. The second-order valence-corrected chi connectivity index (χ2v) is 4.74. The molecule has 1 aliphatic rings. The number of rotatable bonds is 3. The molecule has 1 rings (SSSR count). The van der Waals surface area contributed by atoms with Crippen LogP contribution in [0.5, 0.6) is 0 Å². The van der Waals surface area contributed by atoms with E-state index in [0.29, 0.717) is 13.0 Å². The zero-order valence-corrected chi connectivity index (χ0v) is 9.58. The van der Waals surface area contributed by atoms with Crippen molar-refractivity contribution in [2.24, 2.45) is 5.73 Å². The normalized spacial score (nSPS) is 26.7. The first-order chi connectivity index (χ1) is 6.92. The predicted octanol–water partition coefficient (Wildman–Crippen LogP) is 0.339. The number of hydrogen-bond donors (Lipinski definition) is 2. The molecule has 0 aromatic rings. The van der Waals surface area contributed by atoms with Crippen molar-refractivity contribution >= 4 is 5.91 Å². The molecule has 2 unspecified atom stereocenters. The fourth-order valence-corrected chi connectivity index (χ4v) is 1.34. The molecule has 88 valence electrons. The molecule has 5 heteroatoms. The Bertz CT molecular complexity index is 225. The molecule has 1 saturated heterocycles. The lowest BCUT2D eigenvalue weighted by Gasteiger charge is -2.20. The van der Waals surface area contributed by atoms with Crippen LogP contribution in [-0.4, -0.2) is 30.3 Å². The van der Waals surface area contributed by atoms with E-state index in [1.165, 1.54) is 0 Å². The summed E-state index contributed by atoms with van der Waals surface area (Å²) in [4.78, 5) is 16.7. The van der Waals surface area contributed by atoms with E-state index in [1.807, 2.05) is 20.8 Å². The molecule has 0 saturated carbocycles. The average Bonchev–Trinajstić information content (AvgIpc) is 2.61. The summed E-state index contributed by atoms with van der Waals surface area (Å²) < 4.78 is 5.42. The Balaban J connectivity index is 2.30. The number of carbonyl (C=O) groups is 1. The zero-order valence-electron chi connectivity index (χ0n) is 9.58. The summed E-state index contributed by atoms with van der Waals surface area (Å²) in [5.41, 5.74) is 7.47. The molecular weight excluding hydrogens is 196 g/mol. The van der Waals surface area contributed by atoms with Gasteiger partial charge in [-0.3, -0.25) is 9.63 Å². The van der Waals surface area contributed by atoms with Gasteiger partial charge in [-0.1, -0.05) is 0 Å². The van der Waals surface area contributed by atoms with Crippen molar-refractivity contribution in [1.29, 1.82) is 0 Å². The van der Waals surface area contributed by atoms with Crippen LogP contribution in [0.1, 0.15) is 33.6 Å². The second kappa shape index (κ2) is 4.92. The fraction of sp³-hybridized carbons (Fsp3) is 0.900. The van der Waals surface area contributed by atoms with E-state index in [-0.39, 0.29) is 17.6 Å². The smallest absolute Gasteiger partial charge is 0.272 e. The molecule has 5 nitrogen and oxygen atoms in total. The molecule has 3 N–H and O–H groups in total. The molecule has 0 aromatic carbocycles. The van der Waals surface area contributed by atoms with E-state index >= 15 is 0 Å². The lowest BCUT2D eigenvalue weighted by atomic mass is 10.2. The van der Waals surface area contributed by atoms with Gasteiger partial charge in [0, 0.05) is 6.54 Å². The van der Waals surface area contributed by atoms with Gasteiger partial charge in [0.05, 0.1) is 11.7 Å². The minimum absolute atomic E-state index is 0.00962. The highest BCUT2D eigenvalue weighted by Gasteiger charge is 2.30. The quantitative estimate of drug-likeness (QED) is 0.667. The van der Waals surface area contributed by atoms with E-state index < -0.39 is 6.10 Å². The van der Waals surface area contributed by atoms with Gasteiger partial charge in [-0.15, -0.1) is 0 Å². The Morgan fingerprint density at radius 1 is 1.53 bits per heavy atom. The number of hydroxylamine groups is 1. The van der Waals surface area contributed by atoms with Gasteiger partial charge in [-0.25, -0.2) is 5.48 Å². The molecule has 0 aliphatic carbocycles. The molecule has 1 aliphatic heterocycles. The third kappa shape index (κ3) is 4.15. The van der Waals surface area contributed by atoms with Crippen LogP contribution in [0, 0.1) is 0 Å². The molecule has 0 aromatic heterocycles. The monoisotopic (exact) mass is 216 g/mol. The third-order valence-electron chi connectivity index (χ3n) is 2.12. The van der Waals surface area contributed by atoms with E-state index in [1.54, 1.807) is 0 Å². The van der Waals surface area contributed by atoms with Crippen molar-refractivity contribution in [2.45, 2.75) is 51.4 Å². The number of nitrogens with one attached hydrogen (secondary N) is 1. The van der Waals surface area contributed by atoms with Gasteiger partial charge >= 0.3 is 0 Å². The standard InChI is InChI=1S/C10H20N2O3/c1-10(2,3)15-12-9(13)8-5-4-7(6-11)14-8/h7-8H,4-6,11H2,1-3H3,(H,12,13). The van der Waals surface area contributed by atoms with Crippen molar-refractivity contribution < 1.29 is 14.4 Å². The highest BCUT2D eigenvalue weighted by molar-refractivity contribution is 5.80. The molecule has 2 atom stereocenters. The summed E-state index contributed by atoms with van der Waals surface area (Å²) in [7, 11) is 0. The summed E-state index contributed by atoms with van der Waals surface area (Å²) in [6.07, 6.45) is 1.14. The largest absolute Gasteiger partial charge is 0.364 e. The Labute approximate surface area is 90.3 Å². The number of carbonyl (C=O) groups excluding carboxylic acids is 1. The molecule has 1 heterocycles. The molecular formula is C10H20N2O3. The number of hydrogen-bond acceptors (Lipinski definition) is 4. The average molecular weight is 216 g/mol. The fourth-order valence-electron chi connectivity index (χ4n) is 1.34. The van der Waals surface area contributed by atoms with E-state index in [2.05, 4.69) is 5.48 Å². The third-order valence-corrected chi connectivity index (χ3v) is 2.12. The lowest BCUT2D eigenvalue weighted by molar-refractivity contribution is -0.156. The van der Waals surface area contributed by atoms with Crippen molar-refractivity contribution in [1.82, 2.24) is 5.48 Å². The molecule has 0 radical (unpaired) electrons. The van der Waals surface area contributed by atoms with Gasteiger partial charge < -0.3 is 10.5 Å². The molecule has 0 bridgehead atoms. The zero-order chi connectivity index (χ0) is 11.5. The van der Waals surface area contributed by atoms with Crippen molar-refractivity contribution in [3.8, 4) is 0 Å². The summed E-state index contributed by atoms with van der Waals surface area (Å²) in [5, 5.41) is 0. The second-order valence-electron chi connectivity index (χ2n) is 4.74. The highest BCUT2D eigenvalue weighted by Crippen LogP contribution is 2.19. The van der Waals surface area contributed by atoms with Gasteiger partial charge in [0.2, 0.25) is 0 Å². The Morgan fingerprint density at radius 2 is 2.20 bits per heavy atom. The Hall–Kier alpha value is -0.650. The SMILES string of the molecule is CC(C)(C)ONC(=O)C1CCC(CN)O1. The molecule has 0 spiro atoms. The predicted molar refractivity (Wildman–Crippen MR) is 55.9 cm³/mol. The highest BCUT2D eigenvalue weighted by atomic mass is 16.7. The van der Waals surface area contributed by atoms with Crippen LogP contribution < -0.4 is 11.2 Å². The maximum atomic E-state index is 11.6. The number of ether oxygens (including phenoxy) is 1. The summed E-state index contributed by atoms with van der Waals surface area (Å²) in [6, 6.07) is 0. The van der Waals surface area contributed by atoms with Gasteiger partial charge in [0.15, 0.2) is 0 Å². The van der Waals surface area contributed by atoms with Gasteiger partial charge in [0.1, 0.15) is 6.10 Å². The Morgan fingerprint density at radius 3 is 2.67 bits per heavy atom. The van der Waals surface area contributed by atoms with Crippen LogP contribution in [0.15, 0.2) is 0 Å². The van der Waals surface area contributed by atoms with Crippen LogP contribution in [0.2, 0.25) is 0 Å². The molecule has 1 amide bonds. The van der Waals surface area contributed by atoms with Crippen molar-refractivity contribution in [3.63, 3.8) is 0 Å². The van der Waals surface area contributed by atoms with E-state index in [0.717, 1.165) is 6.42 Å². The van der Waals surface area contributed by atoms with Crippen molar-refractivity contribution in [3.05, 3.63) is 0 Å². The maximum absolute atomic E-state index is 11.6.